The number of amides is 1. The normalized spacial score (nSPS) is 14.2. The van der Waals surface area contributed by atoms with E-state index < -0.39 is 5.60 Å². The van der Waals surface area contributed by atoms with Gasteiger partial charge >= 0.3 is 0 Å². The summed E-state index contributed by atoms with van der Waals surface area (Å²) in [4.78, 5) is 15.9. The zero-order valence-corrected chi connectivity index (χ0v) is 10.3. The van der Waals surface area contributed by atoms with Gasteiger partial charge in [-0.05, 0) is 25.5 Å². The first kappa shape index (κ1) is 12.9. The summed E-state index contributed by atoms with van der Waals surface area (Å²) in [6.45, 7) is 3.61. The molecule has 1 unspecified atom stereocenters. The van der Waals surface area contributed by atoms with Crippen molar-refractivity contribution in [3.05, 3.63) is 23.4 Å². The van der Waals surface area contributed by atoms with E-state index in [0.29, 0.717) is 17.4 Å². The van der Waals surface area contributed by atoms with E-state index in [1.807, 2.05) is 6.92 Å². The van der Waals surface area contributed by atoms with Crippen molar-refractivity contribution in [2.24, 2.45) is 0 Å². The third-order valence-electron chi connectivity index (χ3n) is 2.56. The molecule has 1 amide bonds. The van der Waals surface area contributed by atoms with E-state index in [0.717, 1.165) is 0 Å². The number of carbonyl (C=O) groups is 1. The molecule has 1 N–H and O–H groups in total. The number of nitrogens with zero attached hydrogens (tertiary/aromatic N) is 1. The lowest BCUT2D eigenvalue weighted by Crippen LogP contribution is -2.41. The van der Waals surface area contributed by atoms with Gasteiger partial charge in [0.1, 0.15) is 16.6 Å². The van der Waals surface area contributed by atoms with Crippen LogP contribution in [0.3, 0.4) is 0 Å². The highest BCUT2D eigenvalue weighted by molar-refractivity contribution is 6.29. The molecule has 0 aliphatic rings. The van der Waals surface area contributed by atoms with Gasteiger partial charge in [0.2, 0.25) is 0 Å². The Morgan fingerprint density at radius 2 is 2.31 bits per heavy atom. The SMILES string of the molecule is CCC(C)(OC)C(=O)Nc1cccc(Cl)n1. The van der Waals surface area contributed by atoms with E-state index in [-0.39, 0.29) is 5.91 Å². The molecule has 1 atom stereocenters. The fourth-order valence-electron chi connectivity index (χ4n) is 1.12. The second-order valence-corrected chi connectivity index (χ2v) is 3.98. The Bertz CT molecular complexity index is 378. The lowest BCUT2D eigenvalue weighted by Gasteiger charge is -2.24. The number of halogens is 1. The number of aromatic nitrogens is 1. The van der Waals surface area contributed by atoms with Crippen molar-refractivity contribution in [2.45, 2.75) is 25.9 Å². The summed E-state index contributed by atoms with van der Waals surface area (Å²) in [6.07, 6.45) is 0.579. The highest BCUT2D eigenvalue weighted by atomic mass is 35.5. The fourth-order valence-corrected chi connectivity index (χ4v) is 1.29. The van der Waals surface area contributed by atoms with Crippen LogP contribution >= 0.6 is 11.6 Å². The van der Waals surface area contributed by atoms with Crippen LogP contribution in [0.1, 0.15) is 20.3 Å². The Labute approximate surface area is 100.0 Å². The molecular formula is C11H15ClN2O2. The lowest BCUT2D eigenvalue weighted by atomic mass is 10.0. The van der Waals surface area contributed by atoms with Gasteiger partial charge in [0.15, 0.2) is 0 Å². The summed E-state index contributed by atoms with van der Waals surface area (Å²) >= 11 is 5.72. The quantitative estimate of drug-likeness (QED) is 0.826. The zero-order valence-electron chi connectivity index (χ0n) is 9.58. The van der Waals surface area contributed by atoms with Crippen molar-refractivity contribution in [3.63, 3.8) is 0 Å². The average Bonchev–Trinajstić information content (AvgIpc) is 2.28. The topological polar surface area (TPSA) is 51.2 Å². The maximum absolute atomic E-state index is 11.9. The van der Waals surface area contributed by atoms with Crippen molar-refractivity contribution in [1.82, 2.24) is 4.98 Å². The average molecular weight is 243 g/mol. The molecule has 5 heteroatoms. The van der Waals surface area contributed by atoms with E-state index in [2.05, 4.69) is 10.3 Å². The lowest BCUT2D eigenvalue weighted by molar-refractivity contribution is -0.136. The predicted octanol–water partition coefficient (Wildman–Crippen LogP) is 2.49. The largest absolute Gasteiger partial charge is 0.369 e. The summed E-state index contributed by atoms with van der Waals surface area (Å²) in [5.41, 5.74) is -0.843. The Morgan fingerprint density at radius 3 is 2.81 bits per heavy atom. The van der Waals surface area contributed by atoms with Crippen molar-refractivity contribution in [1.29, 1.82) is 0 Å². The van der Waals surface area contributed by atoms with Gasteiger partial charge in [0.25, 0.3) is 5.91 Å². The highest BCUT2D eigenvalue weighted by Crippen LogP contribution is 2.17. The van der Waals surface area contributed by atoms with Crippen LogP contribution in [-0.2, 0) is 9.53 Å². The van der Waals surface area contributed by atoms with Gasteiger partial charge in [0, 0.05) is 7.11 Å². The Hall–Kier alpha value is -1.13. The van der Waals surface area contributed by atoms with E-state index in [4.69, 9.17) is 16.3 Å². The molecule has 0 aromatic carbocycles. The summed E-state index contributed by atoms with van der Waals surface area (Å²) in [6, 6.07) is 5.04. The molecule has 0 radical (unpaired) electrons. The molecular weight excluding hydrogens is 228 g/mol. The second kappa shape index (κ2) is 5.27. The minimum atomic E-state index is -0.843. The number of ether oxygens (including phenoxy) is 1. The van der Waals surface area contributed by atoms with Crippen LogP contribution in [-0.4, -0.2) is 23.6 Å². The van der Waals surface area contributed by atoms with Crippen LogP contribution in [0.5, 0.6) is 0 Å². The standard InChI is InChI=1S/C11H15ClN2O2/c1-4-11(2,16-3)10(15)14-9-7-5-6-8(12)13-9/h5-7H,4H2,1-3H3,(H,13,14,15). The van der Waals surface area contributed by atoms with Gasteiger partial charge < -0.3 is 10.1 Å². The molecule has 0 spiro atoms. The molecule has 0 saturated carbocycles. The minimum Gasteiger partial charge on any atom is -0.369 e. The van der Waals surface area contributed by atoms with E-state index in [1.54, 1.807) is 25.1 Å². The number of carbonyl (C=O) groups excluding carboxylic acids is 1. The first-order valence-corrected chi connectivity index (χ1v) is 5.39. The van der Waals surface area contributed by atoms with Crippen molar-refractivity contribution >= 4 is 23.3 Å². The molecule has 0 bridgehead atoms. The van der Waals surface area contributed by atoms with Crippen LogP contribution in [0.15, 0.2) is 18.2 Å². The molecule has 0 aliphatic carbocycles. The molecule has 0 aliphatic heterocycles. The van der Waals surface area contributed by atoms with Gasteiger partial charge in [-0.25, -0.2) is 4.98 Å². The van der Waals surface area contributed by atoms with Crippen molar-refractivity contribution in [3.8, 4) is 0 Å². The number of hydrogen-bond acceptors (Lipinski definition) is 3. The smallest absolute Gasteiger partial charge is 0.257 e. The number of pyridine rings is 1. The maximum atomic E-state index is 11.9. The number of hydrogen-bond donors (Lipinski definition) is 1. The number of anilines is 1. The van der Waals surface area contributed by atoms with E-state index >= 15 is 0 Å². The van der Waals surface area contributed by atoms with E-state index in [9.17, 15) is 4.79 Å². The van der Waals surface area contributed by atoms with E-state index in [1.165, 1.54) is 7.11 Å². The molecule has 88 valence electrons. The Balaban J connectivity index is 2.78. The molecule has 1 rings (SSSR count). The summed E-state index contributed by atoms with van der Waals surface area (Å²) in [5.74, 6) is 0.196. The molecule has 1 heterocycles. The van der Waals surface area contributed by atoms with Gasteiger partial charge in [-0.15, -0.1) is 0 Å². The van der Waals surface area contributed by atoms with Crippen molar-refractivity contribution in [2.75, 3.05) is 12.4 Å². The summed E-state index contributed by atoms with van der Waals surface area (Å²) in [7, 11) is 1.51. The van der Waals surface area contributed by atoms with Gasteiger partial charge in [-0.1, -0.05) is 24.6 Å². The van der Waals surface area contributed by atoms with Gasteiger partial charge in [0.05, 0.1) is 0 Å². The number of methoxy groups -OCH3 is 1. The zero-order chi connectivity index (χ0) is 12.2. The fraction of sp³-hybridized carbons (Fsp3) is 0.455. The monoisotopic (exact) mass is 242 g/mol. The summed E-state index contributed by atoms with van der Waals surface area (Å²) < 4.78 is 5.18. The number of rotatable bonds is 4. The van der Waals surface area contributed by atoms with Crippen LogP contribution in [0.2, 0.25) is 5.15 Å². The first-order chi connectivity index (χ1) is 7.51. The second-order valence-electron chi connectivity index (χ2n) is 3.59. The molecule has 16 heavy (non-hydrogen) atoms. The Morgan fingerprint density at radius 1 is 1.62 bits per heavy atom. The third-order valence-corrected chi connectivity index (χ3v) is 2.77. The highest BCUT2D eigenvalue weighted by Gasteiger charge is 2.31. The molecule has 1 aromatic rings. The molecule has 0 fully saturated rings. The summed E-state index contributed by atoms with van der Waals surface area (Å²) in [5, 5.41) is 3.01. The minimum absolute atomic E-state index is 0.229. The molecule has 4 nitrogen and oxygen atoms in total. The van der Waals surface area contributed by atoms with Gasteiger partial charge in [-0.3, -0.25) is 4.79 Å². The maximum Gasteiger partial charge on any atom is 0.257 e. The van der Waals surface area contributed by atoms with Crippen LogP contribution in [0, 0.1) is 0 Å². The van der Waals surface area contributed by atoms with Crippen LogP contribution < -0.4 is 5.32 Å². The molecule has 1 aromatic heterocycles. The van der Waals surface area contributed by atoms with Crippen LogP contribution in [0.4, 0.5) is 5.82 Å². The Kier molecular flexibility index (Phi) is 4.26. The first-order valence-electron chi connectivity index (χ1n) is 5.01. The number of nitrogens with one attached hydrogen (secondary N) is 1. The van der Waals surface area contributed by atoms with Gasteiger partial charge in [-0.2, -0.15) is 0 Å². The third kappa shape index (κ3) is 2.93. The van der Waals surface area contributed by atoms with Crippen LogP contribution in [0.25, 0.3) is 0 Å². The predicted molar refractivity (Wildman–Crippen MR) is 63.6 cm³/mol. The van der Waals surface area contributed by atoms with Crippen molar-refractivity contribution < 1.29 is 9.53 Å². The molecule has 0 saturated heterocycles.